The first kappa shape index (κ1) is 28.9. The number of hydrogen-bond acceptors (Lipinski definition) is 4. The molecular weight excluding hydrogens is 599 g/mol. The average Bonchev–Trinajstić information content (AvgIpc) is 3.51. The molecule has 0 N–H and O–H groups in total. The summed E-state index contributed by atoms with van der Waals surface area (Å²) in [6, 6.07) is 57.1. The molecule has 0 aliphatic carbocycles. The summed E-state index contributed by atoms with van der Waals surface area (Å²) in [5.41, 5.74) is 10.7. The van der Waals surface area contributed by atoms with E-state index in [0.29, 0.717) is 17.6 Å². The molecule has 1 aliphatic rings. The van der Waals surface area contributed by atoms with Gasteiger partial charge in [0.15, 0.2) is 11.6 Å². The first-order valence-electron chi connectivity index (χ1n) is 16.6. The molecule has 5 nitrogen and oxygen atoms in total. The highest BCUT2D eigenvalue weighted by molar-refractivity contribution is 6.08. The third-order valence-corrected chi connectivity index (χ3v) is 9.64. The van der Waals surface area contributed by atoms with Gasteiger partial charge in [0.25, 0.3) is 0 Å². The van der Waals surface area contributed by atoms with E-state index in [1.54, 1.807) is 0 Å². The van der Waals surface area contributed by atoms with Crippen molar-refractivity contribution in [3.05, 3.63) is 175 Å². The zero-order chi connectivity index (χ0) is 33.0. The molecule has 5 heteroatoms. The van der Waals surface area contributed by atoms with Crippen molar-refractivity contribution in [1.29, 1.82) is 0 Å². The van der Waals surface area contributed by atoms with Crippen LogP contribution in [-0.4, -0.2) is 19.5 Å². The van der Waals surface area contributed by atoms with E-state index in [0.717, 1.165) is 50.3 Å². The first-order chi connectivity index (χ1) is 24.1. The summed E-state index contributed by atoms with van der Waals surface area (Å²) < 4.78 is 2.23. The van der Waals surface area contributed by atoms with E-state index in [2.05, 4.69) is 151 Å². The standard InChI is InChI=1S/C44H33N5/c1-44(2)34-25-13-16-28-37(34)48(38-29-17-14-26-35(38)44)40-33-24-12-15-27-36(33)49(39(40)30-18-6-3-7-19-30)43-46-41(31-20-8-4-9-21-31)45-42(47-43)32-22-10-5-11-23-32/h3-29H,1-2H3. The molecule has 0 spiro atoms. The van der Waals surface area contributed by atoms with Gasteiger partial charge in [0.2, 0.25) is 5.95 Å². The lowest BCUT2D eigenvalue weighted by Gasteiger charge is -2.42. The van der Waals surface area contributed by atoms with Crippen molar-refractivity contribution < 1.29 is 0 Å². The number of fused-ring (bicyclic) bond motifs is 3. The van der Waals surface area contributed by atoms with Gasteiger partial charge in [-0.05, 0) is 29.3 Å². The Morgan fingerprint density at radius 1 is 0.449 bits per heavy atom. The van der Waals surface area contributed by atoms with Gasteiger partial charge in [-0.2, -0.15) is 9.97 Å². The highest BCUT2D eigenvalue weighted by Gasteiger charge is 2.39. The first-order valence-corrected chi connectivity index (χ1v) is 16.6. The van der Waals surface area contributed by atoms with Crippen molar-refractivity contribution in [2.24, 2.45) is 0 Å². The number of aromatic nitrogens is 4. The van der Waals surface area contributed by atoms with Crippen LogP contribution in [0.25, 0.3) is 50.9 Å². The summed E-state index contributed by atoms with van der Waals surface area (Å²) >= 11 is 0. The van der Waals surface area contributed by atoms with Crippen LogP contribution in [0, 0.1) is 0 Å². The highest BCUT2D eigenvalue weighted by atomic mass is 15.2. The molecule has 0 saturated carbocycles. The van der Waals surface area contributed by atoms with E-state index in [4.69, 9.17) is 15.0 Å². The van der Waals surface area contributed by atoms with E-state index in [1.165, 1.54) is 11.1 Å². The molecule has 2 aromatic heterocycles. The van der Waals surface area contributed by atoms with E-state index < -0.39 is 0 Å². The lowest BCUT2D eigenvalue weighted by atomic mass is 9.73. The van der Waals surface area contributed by atoms with Crippen molar-refractivity contribution in [3.63, 3.8) is 0 Å². The second-order valence-corrected chi connectivity index (χ2v) is 12.9. The van der Waals surface area contributed by atoms with Crippen molar-refractivity contribution in [1.82, 2.24) is 19.5 Å². The molecule has 234 valence electrons. The number of benzene rings is 6. The van der Waals surface area contributed by atoms with Gasteiger partial charge in [0.1, 0.15) is 0 Å². The Balaban J connectivity index is 1.42. The zero-order valence-corrected chi connectivity index (χ0v) is 27.3. The quantitative estimate of drug-likeness (QED) is 0.190. The van der Waals surface area contributed by atoms with E-state index in [1.807, 2.05) is 36.4 Å². The normalized spacial score (nSPS) is 13.2. The van der Waals surface area contributed by atoms with Crippen molar-refractivity contribution in [2.45, 2.75) is 19.3 Å². The van der Waals surface area contributed by atoms with E-state index in [9.17, 15) is 0 Å². The van der Waals surface area contributed by atoms with Crippen LogP contribution < -0.4 is 4.90 Å². The van der Waals surface area contributed by atoms with Crippen molar-refractivity contribution in [3.8, 4) is 40.0 Å². The molecule has 6 aromatic carbocycles. The van der Waals surface area contributed by atoms with Gasteiger partial charge < -0.3 is 4.90 Å². The third kappa shape index (κ3) is 4.66. The van der Waals surface area contributed by atoms with Crippen LogP contribution in [-0.2, 0) is 5.41 Å². The summed E-state index contributed by atoms with van der Waals surface area (Å²) in [6.07, 6.45) is 0. The van der Waals surface area contributed by atoms with Gasteiger partial charge in [-0.3, -0.25) is 4.57 Å². The van der Waals surface area contributed by atoms with Crippen molar-refractivity contribution in [2.75, 3.05) is 4.90 Å². The van der Waals surface area contributed by atoms with Gasteiger partial charge in [-0.15, -0.1) is 0 Å². The fourth-order valence-electron chi connectivity index (χ4n) is 7.33. The Labute approximate surface area is 285 Å². The lowest BCUT2D eigenvalue weighted by molar-refractivity contribution is 0.632. The molecule has 9 rings (SSSR count). The number of rotatable bonds is 5. The van der Waals surface area contributed by atoms with Crippen LogP contribution in [0.4, 0.5) is 17.1 Å². The molecule has 3 heterocycles. The monoisotopic (exact) mass is 631 g/mol. The molecule has 0 amide bonds. The lowest BCUT2D eigenvalue weighted by Crippen LogP contribution is -2.30. The molecule has 0 unspecified atom stereocenters. The second-order valence-electron chi connectivity index (χ2n) is 12.9. The van der Waals surface area contributed by atoms with Crippen LogP contribution in [0.15, 0.2) is 164 Å². The van der Waals surface area contributed by atoms with Crippen molar-refractivity contribution >= 4 is 28.0 Å². The Hall–Kier alpha value is -6.33. The van der Waals surface area contributed by atoms with Crippen LogP contribution in [0.1, 0.15) is 25.0 Å². The van der Waals surface area contributed by atoms with Gasteiger partial charge in [-0.1, -0.05) is 159 Å². The fraction of sp³-hybridized carbons (Fsp3) is 0.0682. The number of hydrogen-bond donors (Lipinski definition) is 0. The van der Waals surface area contributed by atoms with Gasteiger partial charge in [0.05, 0.1) is 28.3 Å². The summed E-state index contributed by atoms with van der Waals surface area (Å²) in [5, 5.41) is 1.11. The Morgan fingerprint density at radius 3 is 1.45 bits per heavy atom. The highest BCUT2D eigenvalue weighted by Crippen LogP contribution is 2.55. The van der Waals surface area contributed by atoms with Gasteiger partial charge in [-0.25, -0.2) is 4.98 Å². The largest absolute Gasteiger partial charge is 0.307 e. The van der Waals surface area contributed by atoms with Crippen LogP contribution in [0.5, 0.6) is 0 Å². The van der Waals surface area contributed by atoms with E-state index >= 15 is 0 Å². The molecule has 49 heavy (non-hydrogen) atoms. The smallest absolute Gasteiger partial charge is 0.238 e. The zero-order valence-electron chi connectivity index (χ0n) is 27.3. The van der Waals surface area contributed by atoms with Gasteiger partial charge in [0, 0.05) is 27.5 Å². The maximum Gasteiger partial charge on any atom is 0.238 e. The molecular formula is C44H33N5. The fourth-order valence-corrected chi connectivity index (χ4v) is 7.33. The van der Waals surface area contributed by atoms with Gasteiger partial charge >= 0.3 is 0 Å². The molecule has 0 bridgehead atoms. The average molecular weight is 632 g/mol. The molecule has 0 fully saturated rings. The molecule has 8 aromatic rings. The topological polar surface area (TPSA) is 46.8 Å². The number of anilines is 3. The summed E-state index contributed by atoms with van der Waals surface area (Å²) in [7, 11) is 0. The Morgan fingerprint density at radius 2 is 0.898 bits per heavy atom. The summed E-state index contributed by atoms with van der Waals surface area (Å²) in [6.45, 7) is 4.65. The molecule has 0 atom stereocenters. The minimum Gasteiger partial charge on any atom is -0.307 e. The second kappa shape index (κ2) is 11.4. The van der Waals surface area contributed by atoms with Crippen LogP contribution in [0.3, 0.4) is 0 Å². The Kier molecular flexibility index (Phi) is 6.73. The predicted molar refractivity (Wildman–Crippen MR) is 200 cm³/mol. The molecule has 0 radical (unpaired) electrons. The maximum absolute atomic E-state index is 5.23. The van der Waals surface area contributed by atoms with E-state index in [-0.39, 0.29) is 5.41 Å². The third-order valence-electron chi connectivity index (χ3n) is 9.64. The number of nitrogens with zero attached hydrogens (tertiary/aromatic N) is 5. The Bertz CT molecular complexity index is 2360. The summed E-state index contributed by atoms with van der Waals surface area (Å²) in [5.74, 6) is 1.81. The van der Waals surface area contributed by atoms with Crippen LogP contribution in [0.2, 0.25) is 0 Å². The predicted octanol–water partition coefficient (Wildman–Crippen LogP) is 10.9. The minimum absolute atomic E-state index is 0.182. The SMILES string of the molecule is CC1(C)c2ccccc2N(c2c(-c3ccccc3)n(-c3nc(-c4ccccc4)nc(-c4ccccc4)n3)c3ccccc23)c2ccccc21. The summed E-state index contributed by atoms with van der Waals surface area (Å²) in [4.78, 5) is 17.9. The minimum atomic E-state index is -0.182. The van der Waals surface area contributed by atoms with Crippen LogP contribution >= 0.6 is 0 Å². The molecule has 0 saturated heterocycles. The number of para-hydroxylation sites is 3. The maximum atomic E-state index is 5.23. The molecule has 1 aliphatic heterocycles.